The van der Waals surface area contributed by atoms with Gasteiger partial charge in [0.05, 0.1) is 6.10 Å². The zero-order valence-electron chi connectivity index (χ0n) is 15.0. The standard InChI is InChI=1S/C20H21BrClNO5/c21-15-8-10-16(11-9-15)28-19(25)18(17(24)7-4-12-22)23-20(26)27-13-14-5-2-1-3-6-14/h1-3,5-6,8-11,17-18,24H,4,7,12-13H2,(H,23,26)/t17-,18+/m0/s1. The van der Waals surface area contributed by atoms with Crippen molar-refractivity contribution in [2.24, 2.45) is 0 Å². The molecule has 2 N–H and O–H groups in total. The Balaban J connectivity index is 1.99. The van der Waals surface area contributed by atoms with Crippen LogP contribution in [-0.4, -0.2) is 35.2 Å². The van der Waals surface area contributed by atoms with E-state index in [0.29, 0.717) is 18.1 Å². The van der Waals surface area contributed by atoms with Crippen LogP contribution in [0.15, 0.2) is 59.1 Å². The minimum Gasteiger partial charge on any atom is -0.445 e. The summed E-state index contributed by atoms with van der Waals surface area (Å²) in [6.07, 6.45) is -1.29. The average molecular weight is 471 g/mol. The first-order valence-corrected chi connectivity index (χ1v) is 10.0. The minimum absolute atomic E-state index is 0.0406. The molecular weight excluding hydrogens is 450 g/mol. The molecule has 2 rings (SSSR count). The lowest BCUT2D eigenvalue weighted by atomic mass is 10.1. The number of esters is 1. The summed E-state index contributed by atoms with van der Waals surface area (Å²) in [5.41, 5.74) is 0.800. The summed E-state index contributed by atoms with van der Waals surface area (Å²) in [7, 11) is 0. The van der Waals surface area contributed by atoms with E-state index < -0.39 is 24.2 Å². The molecule has 0 saturated heterocycles. The zero-order chi connectivity index (χ0) is 20.4. The van der Waals surface area contributed by atoms with Crippen molar-refractivity contribution in [2.75, 3.05) is 5.88 Å². The predicted molar refractivity (Wildman–Crippen MR) is 109 cm³/mol. The summed E-state index contributed by atoms with van der Waals surface area (Å²) in [6, 6.07) is 14.4. The van der Waals surface area contributed by atoms with Gasteiger partial charge in [0, 0.05) is 10.4 Å². The first-order valence-electron chi connectivity index (χ1n) is 8.68. The fraction of sp³-hybridized carbons (Fsp3) is 0.300. The van der Waals surface area contributed by atoms with Gasteiger partial charge in [0.1, 0.15) is 12.4 Å². The van der Waals surface area contributed by atoms with E-state index >= 15 is 0 Å². The molecule has 6 nitrogen and oxygen atoms in total. The Hall–Kier alpha value is -2.09. The molecule has 1 amide bonds. The van der Waals surface area contributed by atoms with Gasteiger partial charge in [0.2, 0.25) is 0 Å². The fourth-order valence-electron chi connectivity index (χ4n) is 2.34. The number of hydrogen-bond donors (Lipinski definition) is 2. The number of nitrogens with one attached hydrogen (secondary N) is 1. The summed E-state index contributed by atoms with van der Waals surface area (Å²) < 4.78 is 11.2. The molecule has 0 aromatic heterocycles. The molecule has 0 aliphatic rings. The molecule has 2 atom stereocenters. The van der Waals surface area contributed by atoms with Gasteiger partial charge in [-0.05, 0) is 42.7 Å². The molecule has 0 unspecified atom stereocenters. The highest BCUT2D eigenvalue weighted by Gasteiger charge is 2.30. The summed E-state index contributed by atoms with van der Waals surface area (Å²) in [5.74, 6) is -0.174. The number of halogens is 2. The highest BCUT2D eigenvalue weighted by Crippen LogP contribution is 2.17. The van der Waals surface area contributed by atoms with Gasteiger partial charge in [-0.3, -0.25) is 0 Å². The number of ether oxygens (including phenoxy) is 2. The van der Waals surface area contributed by atoms with Crippen molar-refractivity contribution in [3.8, 4) is 5.75 Å². The van der Waals surface area contributed by atoms with Gasteiger partial charge in [-0.15, -0.1) is 11.6 Å². The van der Waals surface area contributed by atoms with Crippen LogP contribution < -0.4 is 10.1 Å². The van der Waals surface area contributed by atoms with Gasteiger partial charge >= 0.3 is 12.1 Å². The number of alkyl halides is 1. The lowest BCUT2D eigenvalue weighted by molar-refractivity contribution is -0.139. The van der Waals surface area contributed by atoms with Crippen LogP contribution in [0, 0.1) is 0 Å². The van der Waals surface area contributed by atoms with Gasteiger partial charge in [0.25, 0.3) is 0 Å². The summed E-state index contributed by atoms with van der Waals surface area (Å²) >= 11 is 8.95. The van der Waals surface area contributed by atoms with Gasteiger partial charge < -0.3 is 19.9 Å². The SMILES string of the molecule is O=C(N[C@@H](C(=O)Oc1ccc(Br)cc1)[C@@H](O)CCCCl)OCc1ccccc1. The number of aliphatic hydroxyl groups excluding tert-OH is 1. The Morgan fingerprint density at radius 1 is 1.11 bits per heavy atom. The van der Waals surface area contributed by atoms with Crippen LogP contribution in [0.4, 0.5) is 4.79 Å². The van der Waals surface area contributed by atoms with Gasteiger partial charge in [-0.25, -0.2) is 9.59 Å². The second-order valence-electron chi connectivity index (χ2n) is 5.96. The molecule has 0 aliphatic heterocycles. The lowest BCUT2D eigenvalue weighted by Gasteiger charge is -2.22. The number of alkyl carbamates (subject to hydrolysis) is 1. The van der Waals surface area contributed by atoms with Crippen molar-refractivity contribution < 1.29 is 24.2 Å². The average Bonchev–Trinajstić information content (AvgIpc) is 2.71. The van der Waals surface area contributed by atoms with Crippen LogP contribution in [-0.2, 0) is 16.1 Å². The Morgan fingerprint density at radius 3 is 2.43 bits per heavy atom. The van der Waals surface area contributed by atoms with Gasteiger partial charge in [-0.1, -0.05) is 46.3 Å². The zero-order valence-corrected chi connectivity index (χ0v) is 17.4. The van der Waals surface area contributed by atoms with E-state index in [4.69, 9.17) is 21.1 Å². The Bertz CT molecular complexity index is 757. The molecule has 2 aromatic carbocycles. The van der Waals surface area contributed by atoms with Crippen molar-refractivity contribution in [3.05, 3.63) is 64.6 Å². The Kier molecular flexibility index (Phi) is 9.27. The molecule has 0 saturated carbocycles. The molecule has 0 heterocycles. The van der Waals surface area contributed by atoms with Crippen molar-refractivity contribution in [1.82, 2.24) is 5.32 Å². The molecule has 8 heteroatoms. The Morgan fingerprint density at radius 2 is 1.79 bits per heavy atom. The third-order valence-electron chi connectivity index (χ3n) is 3.79. The first-order chi connectivity index (χ1) is 13.5. The number of carbonyl (C=O) groups excluding carboxylic acids is 2. The number of hydrogen-bond acceptors (Lipinski definition) is 5. The van der Waals surface area contributed by atoms with E-state index in [9.17, 15) is 14.7 Å². The second kappa shape index (κ2) is 11.7. The molecule has 150 valence electrons. The second-order valence-corrected chi connectivity index (χ2v) is 7.25. The predicted octanol–water partition coefficient (Wildman–Crippen LogP) is 4.03. The van der Waals surface area contributed by atoms with E-state index in [2.05, 4.69) is 21.2 Å². The van der Waals surface area contributed by atoms with Crippen molar-refractivity contribution >= 4 is 39.6 Å². The lowest BCUT2D eigenvalue weighted by Crippen LogP contribution is -2.50. The molecule has 28 heavy (non-hydrogen) atoms. The van der Waals surface area contributed by atoms with Crippen LogP contribution in [0.2, 0.25) is 0 Å². The molecule has 0 spiro atoms. The topological polar surface area (TPSA) is 84.9 Å². The summed E-state index contributed by atoms with van der Waals surface area (Å²) in [5, 5.41) is 12.7. The van der Waals surface area contributed by atoms with E-state index in [1.165, 1.54) is 0 Å². The number of amides is 1. The van der Waals surface area contributed by atoms with Crippen molar-refractivity contribution in [3.63, 3.8) is 0 Å². The maximum Gasteiger partial charge on any atom is 0.408 e. The van der Waals surface area contributed by atoms with Gasteiger partial charge in [0.15, 0.2) is 6.04 Å². The van der Waals surface area contributed by atoms with E-state index in [-0.39, 0.29) is 13.0 Å². The smallest absolute Gasteiger partial charge is 0.408 e. The highest BCUT2D eigenvalue weighted by molar-refractivity contribution is 9.10. The summed E-state index contributed by atoms with van der Waals surface area (Å²) in [4.78, 5) is 24.6. The summed E-state index contributed by atoms with van der Waals surface area (Å²) in [6.45, 7) is 0.0406. The third-order valence-corrected chi connectivity index (χ3v) is 4.59. The fourth-order valence-corrected chi connectivity index (χ4v) is 2.76. The number of aliphatic hydroxyl groups is 1. The minimum atomic E-state index is -1.28. The van der Waals surface area contributed by atoms with E-state index in [1.54, 1.807) is 24.3 Å². The molecular formula is C20H21BrClNO5. The van der Waals surface area contributed by atoms with Crippen LogP contribution >= 0.6 is 27.5 Å². The number of carbonyl (C=O) groups is 2. The number of rotatable bonds is 9. The molecule has 0 fully saturated rings. The number of benzene rings is 2. The normalized spacial score (nSPS) is 12.7. The first kappa shape index (κ1) is 22.2. The molecule has 0 bridgehead atoms. The van der Waals surface area contributed by atoms with Crippen LogP contribution in [0.1, 0.15) is 18.4 Å². The molecule has 0 aliphatic carbocycles. The maximum absolute atomic E-state index is 12.5. The highest BCUT2D eigenvalue weighted by atomic mass is 79.9. The quantitative estimate of drug-likeness (QED) is 0.328. The van der Waals surface area contributed by atoms with Crippen LogP contribution in [0.3, 0.4) is 0 Å². The van der Waals surface area contributed by atoms with Crippen LogP contribution in [0.25, 0.3) is 0 Å². The molecule has 2 aromatic rings. The van der Waals surface area contributed by atoms with E-state index in [0.717, 1.165) is 10.0 Å². The monoisotopic (exact) mass is 469 g/mol. The third kappa shape index (κ3) is 7.50. The van der Waals surface area contributed by atoms with Gasteiger partial charge in [-0.2, -0.15) is 0 Å². The van der Waals surface area contributed by atoms with Crippen molar-refractivity contribution in [1.29, 1.82) is 0 Å². The Labute approximate surface area is 176 Å². The van der Waals surface area contributed by atoms with Crippen molar-refractivity contribution in [2.45, 2.75) is 31.6 Å². The molecule has 0 radical (unpaired) electrons. The largest absolute Gasteiger partial charge is 0.445 e. The van der Waals surface area contributed by atoms with Crippen LogP contribution in [0.5, 0.6) is 5.75 Å². The maximum atomic E-state index is 12.5. The van der Waals surface area contributed by atoms with E-state index in [1.807, 2.05) is 30.3 Å².